The van der Waals surface area contributed by atoms with E-state index in [-0.39, 0.29) is 0 Å². The lowest BCUT2D eigenvalue weighted by atomic mass is 9.48. The van der Waals surface area contributed by atoms with E-state index in [0.717, 1.165) is 39.9 Å². The van der Waals surface area contributed by atoms with Crippen LogP contribution in [0.4, 0.5) is 0 Å². The van der Waals surface area contributed by atoms with Crippen LogP contribution >= 0.6 is 0 Å². The highest BCUT2D eigenvalue weighted by Gasteiger charge is 2.51. The number of rotatable bonds is 8. The topological polar surface area (TPSA) is 43.6 Å². The fourth-order valence-electron chi connectivity index (χ4n) is 12.2. The lowest BCUT2D eigenvalue weighted by Gasteiger charge is -2.57. The Kier molecular flexibility index (Phi) is 8.34. The van der Waals surface area contributed by atoms with Crippen LogP contribution in [-0.2, 0) is 5.41 Å². The Balaban J connectivity index is 1.02. The minimum atomic E-state index is -2.69. The van der Waals surface area contributed by atoms with Crippen LogP contribution in [0.2, 0.25) is 0 Å². The van der Waals surface area contributed by atoms with Gasteiger partial charge in [0, 0.05) is 21.9 Å². The van der Waals surface area contributed by atoms with E-state index in [1.165, 1.54) is 75.6 Å². The van der Waals surface area contributed by atoms with Crippen LogP contribution in [-0.4, -0.2) is 27.6 Å². The van der Waals surface area contributed by atoms with Gasteiger partial charge in [-0.05, 0) is 100 Å². The third kappa shape index (κ3) is 5.66. The number of para-hydroxylation sites is 2. The fourth-order valence-corrected chi connectivity index (χ4v) is 17.0. The zero-order valence-electron chi connectivity index (χ0n) is 33.7. The molecule has 4 aliphatic carbocycles. The summed E-state index contributed by atoms with van der Waals surface area (Å²) in [5.41, 5.74) is 6.00. The summed E-state index contributed by atoms with van der Waals surface area (Å²) < 4.78 is 2.22. The number of fused-ring (bicyclic) bond motifs is 3. The maximum Gasteiger partial charge on any atom is 0.238 e. The predicted molar refractivity (Wildman–Crippen MR) is 249 cm³/mol. The summed E-state index contributed by atoms with van der Waals surface area (Å²) in [6.45, 7) is 0. The van der Waals surface area contributed by atoms with Gasteiger partial charge in [-0.1, -0.05) is 176 Å². The Morgan fingerprint density at radius 1 is 0.400 bits per heavy atom. The second-order valence-electron chi connectivity index (χ2n) is 17.9. The van der Waals surface area contributed by atoms with Gasteiger partial charge in [0.05, 0.1) is 11.0 Å². The largest absolute Gasteiger partial charge is 0.278 e. The van der Waals surface area contributed by atoms with Crippen molar-refractivity contribution in [3.05, 3.63) is 194 Å². The van der Waals surface area contributed by atoms with E-state index in [0.29, 0.717) is 23.0 Å². The lowest BCUT2D eigenvalue weighted by molar-refractivity contribution is -0.00518. The molecule has 0 spiro atoms. The van der Waals surface area contributed by atoms with E-state index in [4.69, 9.17) is 15.0 Å². The molecular formula is C55H46N4Si. The molecule has 0 amide bonds. The first-order valence-electron chi connectivity index (χ1n) is 21.8. The van der Waals surface area contributed by atoms with Crippen LogP contribution in [0.5, 0.6) is 0 Å². The van der Waals surface area contributed by atoms with Crippen molar-refractivity contribution in [1.29, 1.82) is 0 Å². The van der Waals surface area contributed by atoms with E-state index < -0.39 is 8.07 Å². The first-order valence-corrected chi connectivity index (χ1v) is 23.8. The van der Waals surface area contributed by atoms with Crippen molar-refractivity contribution in [3.63, 3.8) is 0 Å². The quantitative estimate of drug-likeness (QED) is 0.114. The molecule has 9 aromatic rings. The minimum Gasteiger partial charge on any atom is -0.278 e. The second kappa shape index (κ2) is 14.1. The van der Waals surface area contributed by atoms with Crippen LogP contribution in [0.25, 0.3) is 50.5 Å². The van der Waals surface area contributed by atoms with Crippen LogP contribution < -0.4 is 20.7 Å². The third-order valence-corrected chi connectivity index (χ3v) is 19.2. The van der Waals surface area contributed by atoms with E-state index in [1.807, 2.05) is 0 Å². The molecule has 4 nitrogen and oxygen atoms in total. The number of benzene rings is 7. The van der Waals surface area contributed by atoms with Crippen LogP contribution in [0, 0.1) is 17.8 Å². The van der Waals surface area contributed by atoms with E-state index in [2.05, 4.69) is 193 Å². The molecule has 4 aliphatic rings. The maximum absolute atomic E-state index is 5.33. The van der Waals surface area contributed by atoms with Crippen molar-refractivity contribution < 1.29 is 0 Å². The summed E-state index contributed by atoms with van der Waals surface area (Å²) >= 11 is 0. The highest BCUT2D eigenvalue weighted by Crippen LogP contribution is 2.60. The normalized spacial score (nSPS) is 20.8. The Hall–Kier alpha value is -6.43. The zero-order valence-corrected chi connectivity index (χ0v) is 34.7. The van der Waals surface area contributed by atoms with Crippen molar-refractivity contribution in [2.24, 2.45) is 17.8 Å². The van der Waals surface area contributed by atoms with Crippen molar-refractivity contribution in [2.45, 2.75) is 43.9 Å². The molecule has 290 valence electrons. The van der Waals surface area contributed by atoms with Crippen LogP contribution in [0.1, 0.15) is 44.1 Å². The van der Waals surface area contributed by atoms with Gasteiger partial charge in [-0.3, -0.25) is 4.57 Å². The van der Waals surface area contributed by atoms with Gasteiger partial charge in [0.15, 0.2) is 19.7 Å². The summed E-state index contributed by atoms with van der Waals surface area (Å²) in [6, 6.07) is 68.9. The summed E-state index contributed by atoms with van der Waals surface area (Å²) in [6.07, 6.45) is 8.41. The van der Waals surface area contributed by atoms with Crippen molar-refractivity contribution in [3.8, 4) is 28.7 Å². The molecule has 0 aliphatic heterocycles. The average molecular weight is 791 g/mol. The number of nitrogens with zero attached hydrogens (tertiary/aromatic N) is 4. The smallest absolute Gasteiger partial charge is 0.238 e. The summed E-state index contributed by atoms with van der Waals surface area (Å²) in [7, 11) is -2.69. The van der Waals surface area contributed by atoms with Gasteiger partial charge in [-0.25, -0.2) is 4.98 Å². The molecule has 2 aromatic heterocycles. The predicted octanol–water partition coefficient (Wildman–Crippen LogP) is 10.1. The first-order chi connectivity index (χ1) is 29.6. The van der Waals surface area contributed by atoms with E-state index in [9.17, 15) is 0 Å². The molecule has 4 saturated carbocycles. The van der Waals surface area contributed by atoms with Crippen molar-refractivity contribution in [1.82, 2.24) is 19.5 Å². The average Bonchev–Trinajstić information content (AvgIpc) is 3.65. The molecule has 13 rings (SSSR count). The zero-order chi connectivity index (χ0) is 39.7. The van der Waals surface area contributed by atoms with E-state index in [1.54, 1.807) is 0 Å². The van der Waals surface area contributed by atoms with Crippen LogP contribution in [0.3, 0.4) is 0 Å². The van der Waals surface area contributed by atoms with Gasteiger partial charge >= 0.3 is 0 Å². The molecule has 0 radical (unpaired) electrons. The number of hydrogen-bond acceptors (Lipinski definition) is 3. The Morgan fingerprint density at radius 2 is 0.783 bits per heavy atom. The van der Waals surface area contributed by atoms with Crippen molar-refractivity contribution in [2.75, 3.05) is 0 Å². The second-order valence-corrected chi connectivity index (χ2v) is 21.7. The Bertz CT molecular complexity index is 2810. The molecule has 0 N–H and O–H groups in total. The summed E-state index contributed by atoms with van der Waals surface area (Å²) in [5.74, 6) is 4.71. The monoisotopic (exact) mass is 790 g/mol. The molecule has 7 aromatic carbocycles. The van der Waals surface area contributed by atoms with Gasteiger partial charge in [0.1, 0.15) is 0 Å². The Morgan fingerprint density at radius 3 is 1.23 bits per heavy atom. The van der Waals surface area contributed by atoms with Gasteiger partial charge < -0.3 is 0 Å². The standard InChI is InChI=1S/C55H46N4Si/c1-4-14-44(15-5-1)60(45-16-6-2-7-17-45,46-18-8-3-9-19-46)47-30-26-42(27-31-47)53-56-52(41-24-28-43(29-25-41)55-35-38-32-39(36-55)34-40(33-38)37-55)57-54(58-53)59-50-22-12-10-20-48(50)49-21-11-13-23-51(49)59/h1-31,38-40H,32-37H2. The number of aromatic nitrogens is 4. The highest BCUT2D eigenvalue weighted by molar-refractivity contribution is 7.19. The first kappa shape index (κ1) is 35.5. The molecule has 60 heavy (non-hydrogen) atoms. The summed E-state index contributed by atoms with van der Waals surface area (Å²) in [5, 5.41) is 7.73. The maximum atomic E-state index is 5.33. The molecule has 4 fully saturated rings. The molecule has 2 heterocycles. The Labute approximate surface area is 352 Å². The molecule has 0 unspecified atom stereocenters. The minimum absolute atomic E-state index is 0.338. The lowest BCUT2D eigenvalue weighted by Crippen LogP contribution is -2.74. The SMILES string of the molecule is c1ccc([Si](c2ccccc2)(c2ccccc2)c2ccc(-c3nc(-c4ccc(C56CC7CC(CC(C7)C5)C6)cc4)nc(-n4c5ccccc5c5ccccc54)n3)cc2)cc1. The molecule has 0 atom stereocenters. The fraction of sp³-hybridized carbons (Fsp3) is 0.182. The molecule has 0 saturated heterocycles. The van der Waals surface area contributed by atoms with Gasteiger partial charge in [-0.2, -0.15) is 9.97 Å². The van der Waals surface area contributed by atoms with Gasteiger partial charge in [0.25, 0.3) is 0 Å². The molecular weight excluding hydrogens is 745 g/mol. The highest BCUT2D eigenvalue weighted by atomic mass is 28.3. The third-order valence-electron chi connectivity index (χ3n) is 14.4. The molecule has 5 heteroatoms. The molecule has 4 bridgehead atoms. The van der Waals surface area contributed by atoms with E-state index >= 15 is 0 Å². The summed E-state index contributed by atoms with van der Waals surface area (Å²) in [4.78, 5) is 16.0. The van der Waals surface area contributed by atoms with Gasteiger partial charge in [-0.15, -0.1) is 0 Å². The van der Waals surface area contributed by atoms with Crippen molar-refractivity contribution >= 4 is 50.6 Å². The van der Waals surface area contributed by atoms with Gasteiger partial charge in [0.2, 0.25) is 5.95 Å². The van der Waals surface area contributed by atoms with Crippen LogP contribution in [0.15, 0.2) is 188 Å². The number of hydrogen-bond donors (Lipinski definition) is 0.